The van der Waals surface area contributed by atoms with E-state index < -0.39 is 23.6 Å². The summed E-state index contributed by atoms with van der Waals surface area (Å²) in [6.45, 7) is 3.94. The minimum absolute atomic E-state index is 0.168. The molecule has 1 N–H and O–H groups in total. The van der Waals surface area contributed by atoms with Gasteiger partial charge in [-0.2, -0.15) is 13.2 Å². The highest BCUT2D eigenvalue weighted by Crippen LogP contribution is 2.36. The molecule has 0 aliphatic heterocycles. The van der Waals surface area contributed by atoms with Crippen LogP contribution >= 0.6 is 0 Å². The molecule has 0 aromatic heterocycles. The van der Waals surface area contributed by atoms with Crippen LogP contribution in [0.2, 0.25) is 0 Å². The van der Waals surface area contributed by atoms with Crippen molar-refractivity contribution in [3.63, 3.8) is 0 Å². The smallest absolute Gasteiger partial charge is 0.416 e. The fraction of sp³-hybridized carbons (Fsp3) is 0.296. The molecule has 0 amide bonds. The van der Waals surface area contributed by atoms with Crippen LogP contribution in [-0.4, -0.2) is 25.2 Å². The molecule has 6 heteroatoms. The third-order valence-corrected chi connectivity index (χ3v) is 5.60. The van der Waals surface area contributed by atoms with Crippen LogP contribution in [0, 0.1) is 5.92 Å². The number of benzene rings is 3. The number of aliphatic carboxylic acids is 1. The van der Waals surface area contributed by atoms with E-state index in [2.05, 4.69) is 0 Å². The minimum atomic E-state index is -4.41. The van der Waals surface area contributed by atoms with Gasteiger partial charge in [0.1, 0.15) is 0 Å². The van der Waals surface area contributed by atoms with Crippen molar-refractivity contribution in [2.24, 2.45) is 5.92 Å². The highest BCUT2D eigenvalue weighted by Gasteiger charge is 2.30. The summed E-state index contributed by atoms with van der Waals surface area (Å²) < 4.78 is 39.1. The van der Waals surface area contributed by atoms with Gasteiger partial charge in [0.25, 0.3) is 0 Å². The lowest BCUT2D eigenvalue weighted by Gasteiger charge is -2.19. The molecule has 0 aliphatic rings. The van der Waals surface area contributed by atoms with Crippen molar-refractivity contribution >= 4 is 11.7 Å². The number of hydrogen-bond donors (Lipinski definition) is 1. The van der Waals surface area contributed by atoms with Crippen molar-refractivity contribution in [3.05, 3.63) is 77.9 Å². The van der Waals surface area contributed by atoms with E-state index in [1.807, 2.05) is 69.2 Å². The third-order valence-electron chi connectivity index (χ3n) is 5.60. The first-order valence-electron chi connectivity index (χ1n) is 10.8. The van der Waals surface area contributed by atoms with Crippen LogP contribution in [0.15, 0.2) is 66.7 Å². The molecule has 3 nitrogen and oxygen atoms in total. The molecule has 174 valence electrons. The Bertz CT molecular complexity index is 1120. The Morgan fingerprint density at radius 3 is 2.00 bits per heavy atom. The van der Waals surface area contributed by atoms with Gasteiger partial charge in [0.15, 0.2) is 0 Å². The number of alkyl halides is 3. The van der Waals surface area contributed by atoms with Crippen molar-refractivity contribution in [3.8, 4) is 22.3 Å². The molecular formula is C27H28F3NO2. The maximum Gasteiger partial charge on any atom is 0.416 e. The minimum Gasteiger partial charge on any atom is -0.481 e. The molecule has 0 radical (unpaired) electrons. The van der Waals surface area contributed by atoms with E-state index in [1.165, 1.54) is 12.1 Å². The van der Waals surface area contributed by atoms with Crippen LogP contribution in [0.5, 0.6) is 0 Å². The Balaban J connectivity index is 2.17. The van der Waals surface area contributed by atoms with Gasteiger partial charge in [-0.25, -0.2) is 0 Å². The van der Waals surface area contributed by atoms with Crippen LogP contribution in [0.3, 0.4) is 0 Å². The maximum atomic E-state index is 13.0. The Hall–Kier alpha value is -3.28. The van der Waals surface area contributed by atoms with Crippen LogP contribution in [0.4, 0.5) is 18.9 Å². The van der Waals surface area contributed by atoms with Gasteiger partial charge in [-0.1, -0.05) is 50.2 Å². The number of carbonyl (C=O) groups is 1. The highest BCUT2D eigenvalue weighted by molar-refractivity contribution is 5.81. The topological polar surface area (TPSA) is 40.5 Å². The molecule has 3 aromatic rings. The van der Waals surface area contributed by atoms with Crippen molar-refractivity contribution in [1.29, 1.82) is 0 Å². The average Bonchev–Trinajstić information content (AvgIpc) is 2.76. The van der Waals surface area contributed by atoms with E-state index >= 15 is 0 Å². The summed E-state index contributed by atoms with van der Waals surface area (Å²) in [6.07, 6.45) is -3.95. The van der Waals surface area contributed by atoms with Gasteiger partial charge in [0, 0.05) is 19.8 Å². The lowest BCUT2D eigenvalue weighted by molar-refractivity contribution is -0.139. The van der Waals surface area contributed by atoms with Crippen LogP contribution in [0.1, 0.15) is 37.3 Å². The SMILES string of the molecule is CC(C)CC(C(=O)O)c1cc(-c2ccc(C(F)(F)F)cc2)cc(-c2cccc(N(C)C)c2)c1. The van der Waals surface area contributed by atoms with Gasteiger partial charge in [0.2, 0.25) is 0 Å². The molecule has 1 atom stereocenters. The number of carboxylic acid groups (broad SMARTS) is 1. The van der Waals surface area contributed by atoms with E-state index in [4.69, 9.17) is 0 Å². The number of nitrogens with zero attached hydrogens (tertiary/aromatic N) is 1. The van der Waals surface area contributed by atoms with Gasteiger partial charge >= 0.3 is 12.1 Å². The zero-order chi connectivity index (χ0) is 24.3. The molecule has 0 saturated heterocycles. The van der Waals surface area contributed by atoms with E-state index in [0.717, 1.165) is 28.9 Å². The van der Waals surface area contributed by atoms with Gasteiger partial charge < -0.3 is 10.0 Å². The predicted molar refractivity (Wildman–Crippen MR) is 126 cm³/mol. The Kier molecular flexibility index (Phi) is 7.15. The number of hydrogen-bond acceptors (Lipinski definition) is 2. The Labute approximate surface area is 192 Å². The molecule has 3 rings (SSSR count). The normalized spacial score (nSPS) is 12.6. The molecule has 0 fully saturated rings. The predicted octanol–water partition coefficient (Wildman–Crippen LogP) is 7.32. The second-order valence-corrected chi connectivity index (χ2v) is 8.88. The lowest BCUT2D eigenvalue weighted by atomic mass is 9.86. The lowest BCUT2D eigenvalue weighted by Crippen LogP contribution is -2.14. The third kappa shape index (κ3) is 5.95. The fourth-order valence-corrected chi connectivity index (χ4v) is 3.85. The first kappa shape index (κ1) is 24.4. The van der Waals surface area contributed by atoms with Gasteiger partial charge in [-0.15, -0.1) is 0 Å². The number of rotatable bonds is 7. The standard InChI is InChI=1S/C27H28F3NO2/c1-17(2)12-25(26(32)33)22-14-20(18-8-10-23(11-9-18)27(28,29)30)13-21(15-22)19-6-5-7-24(16-19)31(3)4/h5-11,13-17,25H,12H2,1-4H3,(H,32,33). The second kappa shape index (κ2) is 9.69. The highest BCUT2D eigenvalue weighted by atomic mass is 19.4. The van der Waals surface area contributed by atoms with Crippen LogP contribution in [0.25, 0.3) is 22.3 Å². The van der Waals surface area contributed by atoms with Crippen molar-refractivity contribution in [1.82, 2.24) is 0 Å². The van der Waals surface area contributed by atoms with E-state index in [1.54, 1.807) is 6.07 Å². The summed E-state index contributed by atoms with van der Waals surface area (Å²) in [7, 11) is 3.87. The van der Waals surface area contributed by atoms with Crippen LogP contribution < -0.4 is 4.90 Å². The summed E-state index contributed by atoms with van der Waals surface area (Å²) in [5.41, 5.74) is 3.92. The first-order chi connectivity index (χ1) is 15.5. The summed E-state index contributed by atoms with van der Waals surface area (Å²) >= 11 is 0. The summed E-state index contributed by atoms with van der Waals surface area (Å²) in [4.78, 5) is 14.1. The van der Waals surface area contributed by atoms with Gasteiger partial charge in [0.05, 0.1) is 11.5 Å². The molecular weight excluding hydrogens is 427 g/mol. The molecule has 33 heavy (non-hydrogen) atoms. The number of carboxylic acids is 1. The van der Waals surface area contributed by atoms with Gasteiger partial charge in [-0.3, -0.25) is 4.79 Å². The summed E-state index contributed by atoms with van der Waals surface area (Å²) in [5, 5.41) is 9.91. The van der Waals surface area contributed by atoms with E-state index in [0.29, 0.717) is 23.1 Å². The number of anilines is 1. The molecule has 0 bridgehead atoms. The molecule has 1 unspecified atom stereocenters. The van der Waals surface area contributed by atoms with Crippen LogP contribution in [-0.2, 0) is 11.0 Å². The quantitative estimate of drug-likeness (QED) is 0.406. The monoisotopic (exact) mass is 455 g/mol. The largest absolute Gasteiger partial charge is 0.481 e. The van der Waals surface area contributed by atoms with Crippen molar-refractivity contribution in [2.45, 2.75) is 32.4 Å². The number of halogens is 3. The Morgan fingerprint density at radius 2 is 1.48 bits per heavy atom. The summed E-state index contributed by atoms with van der Waals surface area (Å²) in [5.74, 6) is -1.46. The first-order valence-corrected chi connectivity index (χ1v) is 10.8. The Morgan fingerprint density at radius 1 is 0.879 bits per heavy atom. The molecule has 3 aromatic carbocycles. The fourth-order valence-electron chi connectivity index (χ4n) is 3.85. The van der Waals surface area contributed by atoms with Crippen molar-refractivity contribution < 1.29 is 23.1 Å². The van der Waals surface area contributed by atoms with Crippen molar-refractivity contribution in [2.75, 3.05) is 19.0 Å². The maximum absolute atomic E-state index is 13.0. The molecule has 0 aliphatic carbocycles. The molecule has 0 spiro atoms. The van der Waals surface area contributed by atoms with E-state index in [9.17, 15) is 23.1 Å². The average molecular weight is 456 g/mol. The second-order valence-electron chi connectivity index (χ2n) is 8.88. The molecule has 0 heterocycles. The summed E-state index contributed by atoms with van der Waals surface area (Å²) in [6, 6.07) is 18.4. The zero-order valence-corrected chi connectivity index (χ0v) is 19.1. The molecule has 0 saturated carbocycles. The van der Waals surface area contributed by atoms with E-state index in [-0.39, 0.29) is 5.92 Å². The van der Waals surface area contributed by atoms with Gasteiger partial charge in [-0.05, 0) is 70.5 Å². The zero-order valence-electron chi connectivity index (χ0n) is 19.1.